The van der Waals surface area contributed by atoms with Crippen LogP contribution in [0.3, 0.4) is 0 Å². The molecule has 0 saturated heterocycles. The Balaban J connectivity index is 1.46. The van der Waals surface area contributed by atoms with E-state index in [4.69, 9.17) is 23.7 Å². The van der Waals surface area contributed by atoms with Crippen LogP contribution >= 0.6 is 0 Å². The molecule has 0 radical (unpaired) electrons. The van der Waals surface area contributed by atoms with Gasteiger partial charge in [0.1, 0.15) is 17.6 Å². The summed E-state index contributed by atoms with van der Waals surface area (Å²) in [4.78, 5) is 26.6. The first-order valence-corrected chi connectivity index (χ1v) is 16.4. The van der Waals surface area contributed by atoms with Crippen LogP contribution < -0.4 is 23.7 Å². The van der Waals surface area contributed by atoms with Gasteiger partial charge in [-0.3, -0.25) is 9.59 Å². The Morgan fingerprint density at radius 3 is 1.65 bits per heavy atom. The Morgan fingerprint density at radius 2 is 1.07 bits per heavy atom. The molecule has 0 bridgehead atoms. The second kappa shape index (κ2) is 17.0. The summed E-state index contributed by atoms with van der Waals surface area (Å²) in [5.41, 5.74) is 2.59. The smallest absolute Gasteiger partial charge is 0.182 e. The summed E-state index contributed by atoms with van der Waals surface area (Å²) in [6.45, 7) is 0. The fraction of sp³-hybridized carbons (Fsp3) is 0.143. The normalized spacial score (nSPS) is 15.7. The van der Waals surface area contributed by atoms with Crippen LogP contribution in [0.4, 0.5) is 0 Å². The average Bonchev–Trinajstić information content (AvgIpc) is 3.56. The molecule has 12 heteroatoms. The number of hydrogen-bond acceptors (Lipinski definition) is 12. The van der Waals surface area contributed by atoms with Crippen molar-refractivity contribution in [1.29, 1.82) is 0 Å². The molecular formula is C42H38O12. The summed E-state index contributed by atoms with van der Waals surface area (Å²) in [7, 11) is 5.65. The van der Waals surface area contributed by atoms with Gasteiger partial charge >= 0.3 is 0 Å². The molecule has 0 spiro atoms. The number of methoxy groups -OCH3 is 4. The lowest BCUT2D eigenvalue weighted by atomic mass is 9.86. The molecule has 2 unspecified atom stereocenters. The zero-order valence-electron chi connectivity index (χ0n) is 29.7. The zero-order chi connectivity index (χ0) is 38.9. The number of phenolic OH excluding ortho intramolecular Hbond substituents is 3. The highest BCUT2D eigenvalue weighted by Crippen LogP contribution is 2.52. The topological polar surface area (TPSA) is 181 Å². The SMILES string of the molecule is COc1cc(C=CC(=O)C=C(O)C=Cc2cc(OC)c3c(c2)C(C(=O)C=C(O)C=Cc2ccc(O)c(OC)c2)C(c2ccc(O)c(OC)c2)O3)ccc1O. The van der Waals surface area contributed by atoms with E-state index in [1.165, 1.54) is 77.0 Å². The number of ether oxygens (including phenoxy) is 5. The van der Waals surface area contributed by atoms with Gasteiger partial charge in [-0.2, -0.15) is 0 Å². The first-order chi connectivity index (χ1) is 25.9. The van der Waals surface area contributed by atoms with E-state index in [1.807, 2.05) is 0 Å². The predicted molar refractivity (Wildman–Crippen MR) is 202 cm³/mol. The van der Waals surface area contributed by atoms with Gasteiger partial charge in [0.05, 0.1) is 34.4 Å². The van der Waals surface area contributed by atoms with Crippen molar-refractivity contribution in [3.8, 4) is 46.0 Å². The lowest BCUT2D eigenvalue weighted by Crippen LogP contribution is -2.18. The molecule has 0 amide bonds. The number of fused-ring (bicyclic) bond motifs is 1. The second-order valence-electron chi connectivity index (χ2n) is 11.9. The monoisotopic (exact) mass is 734 g/mol. The first-order valence-electron chi connectivity index (χ1n) is 16.4. The van der Waals surface area contributed by atoms with Crippen molar-refractivity contribution in [2.45, 2.75) is 12.0 Å². The third kappa shape index (κ3) is 8.86. The maximum Gasteiger partial charge on any atom is 0.182 e. The summed E-state index contributed by atoms with van der Waals surface area (Å²) in [6.07, 6.45) is 9.61. The third-order valence-corrected chi connectivity index (χ3v) is 8.37. The van der Waals surface area contributed by atoms with Crippen LogP contribution in [0.15, 0.2) is 109 Å². The number of aliphatic hydroxyl groups excluding tert-OH is 2. The molecule has 1 aliphatic heterocycles. The fourth-order valence-corrected chi connectivity index (χ4v) is 5.71. The van der Waals surface area contributed by atoms with Crippen LogP contribution in [0, 0.1) is 0 Å². The minimum Gasteiger partial charge on any atom is -0.508 e. The van der Waals surface area contributed by atoms with Crippen LogP contribution in [-0.4, -0.2) is 65.5 Å². The number of carbonyl (C=O) groups is 2. The Labute approximate surface area is 311 Å². The van der Waals surface area contributed by atoms with Crippen LogP contribution in [0.5, 0.6) is 46.0 Å². The fourth-order valence-electron chi connectivity index (χ4n) is 5.71. The largest absolute Gasteiger partial charge is 0.508 e. The molecule has 0 saturated carbocycles. The highest BCUT2D eigenvalue weighted by Gasteiger charge is 2.42. The third-order valence-electron chi connectivity index (χ3n) is 8.37. The number of phenols is 3. The number of ketones is 2. The summed E-state index contributed by atoms with van der Waals surface area (Å²) < 4.78 is 27.5. The lowest BCUT2D eigenvalue weighted by Gasteiger charge is -2.18. The van der Waals surface area contributed by atoms with Gasteiger partial charge in [0.2, 0.25) is 0 Å². The standard InChI is InChI=1S/C42H38O12/c1-50-36-18-24(8-14-32(36)46)5-11-28(43)22-29(44)13-7-26-17-31-40(35(49)23-30(45)12-6-25-9-15-33(47)37(19-25)51-2)41(54-42(31)39(20-26)53-4)27-10-16-34(48)38(21-27)52-3/h5-23,40-41,44-48H,1-4H3. The molecule has 0 fully saturated rings. The second-order valence-corrected chi connectivity index (χ2v) is 11.9. The van der Waals surface area contributed by atoms with E-state index in [1.54, 1.807) is 54.6 Å². The van der Waals surface area contributed by atoms with E-state index in [-0.39, 0.29) is 57.5 Å². The summed E-state index contributed by atoms with van der Waals surface area (Å²) >= 11 is 0. The lowest BCUT2D eigenvalue weighted by molar-refractivity contribution is -0.117. The highest BCUT2D eigenvalue weighted by molar-refractivity contribution is 6.02. The number of aliphatic hydroxyl groups is 2. The van der Waals surface area contributed by atoms with Crippen LogP contribution in [-0.2, 0) is 9.59 Å². The number of aromatic hydroxyl groups is 3. The number of allylic oxidation sites excluding steroid dienone is 5. The number of rotatable bonds is 14. The van der Waals surface area contributed by atoms with Gasteiger partial charge in [-0.15, -0.1) is 0 Å². The van der Waals surface area contributed by atoms with Gasteiger partial charge in [0, 0.05) is 17.7 Å². The van der Waals surface area contributed by atoms with Gasteiger partial charge in [0.25, 0.3) is 0 Å². The molecule has 278 valence electrons. The maximum atomic E-state index is 14.0. The Hall–Kier alpha value is -7.08. The minimum atomic E-state index is -1.02. The van der Waals surface area contributed by atoms with E-state index in [9.17, 15) is 35.1 Å². The van der Waals surface area contributed by atoms with Crippen LogP contribution in [0.25, 0.3) is 18.2 Å². The quantitative estimate of drug-likeness (QED) is 0.0489. The summed E-state index contributed by atoms with van der Waals surface area (Å²) in [5, 5.41) is 51.3. The maximum absolute atomic E-state index is 14.0. The van der Waals surface area contributed by atoms with Crippen LogP contribution in [0.1, 0.15) is 39.8 Å². The molecule has 5 N–H and O–H groups in total. The van der Waals surface area contributed by atoms with Crippen molar-refractivity contribution < 1.29 is 58.8 Å². The van der Waals surface area contributed by atoms with E-state index in [2.05, 4.69) is 0 Å². The predicted octanol–water partition coefficient (Wildman–Crippen LogP) is 7.52. The number of carbonyl (C=O) groups excluding carboxylic acids is 2. The molecule has 0 aliphatic carbocycles. The molecule has 12 nitrogen and oxygen atoms in total. The first kappa shape index (κ1) is 38.2. The Morgan fingerprint density at radius 1 is 0.593 bits per heavy atom. The summed E-state index contributed by atoms with van der Waals surface area (Å²) in [6, 6.07) is 17.1. The van der Waals surface area contributed by atoms with Gasteiger partial charge < -0.3 is 49.2 Å². The van der Waals surface area contributed by atoms with E-state index in [0.29, 0.717) is 27.8 Å². The minimum absolute atomic E-state index is 0.0411. The highest BCUT2D eigenvalue weighted by atomic mass is 16.5. The molecule has 5 rings (SSSR count). The van der Waals surface area contributed by atoms with Gasteiger partial charge in [-0.1, -0.05) is 36.4 Å². The molecule has 1 heterocycles. The van der Waals surface area contributed by atoms with E-state index < -0.39 is 23.6 Å². The average molecular weight is 735 g/mol. The van der Waals surface area contributed by atoms with Crippen LogP contribution in [0.2, 0.25) is 0 Å². The molecular weight excluding hydrogens is 696 g/mol. The van der Waals surface area contributed by atoms with E-state index in [0.717, 1.165) is 12.2 Å². The van der Waals surface area contributed by atoms with Gasteiger partial charge in [-0.25, -0.2) is 0 Å². The Kier molecular flexibility index (Phi) is 12.0. The van der Waals surface area contributed by atoms with Crippen molar-refractivity contribution in [1.82, 2.24) is 0 Å². The Bertz CT molecular complexity index is 2210. The van der Waals surface area contributed by atoms with Crippen molar-refractivity contribution in [2.24, 2.45) is 0 Å². The van der Waals surface area contributed by atoms with Gasteiger partial charge in [-0.05, 0) is 89.0 Å². The zero-order valence-corrected chi connectivity index (χ0v) is 29.7. The number of hydrogen-bond donors (Lipinski definition) is 5. The van der Waals surface area contributed by atoms with Crippen molar-refractivity contribution in [3.63, 3.8) is 0 Å². The molecule has 4 aromatic rings. The van der Waals surface area contributed by atoms with Crippen molar-refractivity contribution in [3.05, 3.63) is 136 Å². The summed E-state index contributed by atoms with van der Waals surface area (Å²) in [5.74, 6) is -1.76. The van der Waals surface area contributed by atoms with Crippen molar-refractivity contribution >= 4 is 29.8 Å². The van der Waals surface area contributed by atoms with Gasteiger partial charge in [0.15, 0.2) is 57.6 Å². The molecule has 1 aliphatic rings. The molecule has 0 aromatic heterocycles. The molecule has 54 heavy (non-hydrogen) atoms. The number of benzene rings is 4. The van der Waals surface area contributed by atoms with Crippen molar-refractivity contribution in [2.75, 3.05) is 28.4 Å². The van der Waals surface area contributed by atoms with E-state index >= 15 is 0 Å². The molecule has 4 aromatic carbocycles. The molecule has 2 atom stereocenters.